The number of halogens is 4. The molecule has 0 spiro atoms. The Morgan fingerprint density at radius 2 is 2.03 bits per heavy atom. The number of thioether (sulfide) groups is 1. The highest BCUT2D eigenvalue weighted by molar-refractivity contribution is 8.00. The molecule has 2 N–H and O–H groups in total. The Bertz CT molecular complexity index is 1070. The molecule has 0 unspecified atom stereocenters. The Morgan fingerprint density at radius 3 is 2.55 bits per heavy atom. The molecule has 0 aromatic carbocycles. The quantitative estimate of drug-likeness (QED) is 0.437. The molecule has 0 saturated carbocycles. The van der Waals surface area contributed by atoms with Gasteiger partial charge in [-0.2, -0.15) is 18.3 Å². The maximum Gasteiger partial charge on any atom is 0.436 e. The van der Waals surface area contributed by atoms with Gasteiger partial charge >= 0.3 is 18.1 Å². The van der Waals surface area contributed by atoms with E-state index >= 15 is 0 Å². The monoisotopic (exact) mass is 510 g/mol. The zero-order valence-corrected chi connectivity index (χ0v) is 19.0. The van der Waals surface area contributed by atoms with Gasteiger partial charge in [0.05, 0.1) is 10.7 Å². The smallest absolute Gasteiger partial charge is 0.436 e. The standard InChI is InChI=1S/C18H18ClF3N4O6S/c1-6-10(19)13(18(20,21)22)24-26(6)7(2)14(28)23-11-15(29)25-12(17(30)31)9(4-32-8(3)27)5-33-16(11)25/h7,11,16H,4-5H2,1-3H3,(H,23,28)(H,30,31)/t7-,11+,16+/m0/s1. The zero-order chi connectivity index (χ0) is 24.8. The van der Waals surface area contributed by atoms with Crippen LogP contribution >= 0.6 is 23.4 Å². The van der Waals surface area contributed by atoms with Crippen molar-refractivity contribution in [2.24, 2.45) is 0 Å². The first-order chi connectivity index (χ1) is 15.3. The topological polar surface area (TPSA) is 131 Å². The van der Waals surface area contributed by atoms with Crippen LogP contribution in [0.5, 0.6) is 0 Å². The number of carboxylic acid groups (broad SMARTS) is 1. The highest BCUT2D eigenvalue weighted by atomic mass is 35.5. The lowest BCUT2D eigenvalue weighted by Crippen LogP contribution is -2.71. The number of alkyl halides is 3. The number of amides is 2. The van der Waals surface area contributed by atoms with Gasteiger partial charge in [0.1, 0.15) is 29.8 Å². The molecule has 0 aliphatic carbocycles. The summed E-state index contributed by atoms with van der Waals surface area (Å²) in [5.74, 6) is -3.38. The lowest BCUT2D eigenvalue weighted by atomic mass is 10.0. The third kappa shape index (κ3) is 4.53. The number of β-lactam (4-membered cyclic amide) rings is 1. The summed E-state index contributed by atoms with van der Waals surface area (Å²) < 4.78 is 44.8. The van der Waals surface area contributed by atoms with Crippen molar-refractivity contribution < 1.29 is 42.2 Å². The fraction of sp³-hybridized carbons (Fsp3) is 0.500. The Kier molecular flexibility index (Phi) is 6.71. The summed E-state index contributed by atoms with van der Waals surface area (Å²) >= 11 is 6.87. The molecule has 0 radical (unpaired) electrons. The Balaban J connectivity index is 1.76. The number of carboxylic acids is 1. The molecule has 1 saturated heterocycles. The second kappa shape index (κ2) is 8.89. The summed E-state index contributed by atoms with van der Waals surface area (Å²) in [4.78, 5) is 49.1. The van der Waals surface area contributed by atoms with Crippen molar-refractivity contribution >= 4 is 47.1 Å². The van der Waals surface area contributed by atoms with Gasteiger partial charge in [-0.15, -0.1) is 11.8 Å². The number of aromatic nitrogens is 2. The molecule has 15 heteroatoms. The fourth-order valence-electron chi connectivity index (χ4n) is 3.42. The molecular formula is C18H18ClF3N4O6S. The molecule has 1 aromatic heterocycles. The van der Waals surface area contributed by atoms with E-state index in [1.165, 1.54) is 13.8 Å². The number of carbonyl (C=O) groups excluding carboxylic acids is 3. The number of hydrogen-bond acceptors (Lipinski definition) is 7. The summed E-state index contributed by atoms with van der Waals surface area (Å²) in [6.45, 7) is 3.43. The molecule has 1 aromatic rings. The number of fused-ring (bicyclic) bond motifs is 1. The first-order valence-electron chi connectivity index (χ1n) is 9.41. The third-order valence-corrected chi connectivity index (χ3v) is 6.88. The molecular weight excluding hydrogens is 493 g/mol. The van der Waals surface area contributed by atoms with E-state index in [1.54, 1.807) is 0 Å². The van der Waals surface area contributed by atoms with E-state index in [0.717, 1.165) is 28.3 Å². The van der Waals surface area contributed by atoms with Crippen LogP contribution in [-0.4, -0.2) is 67.3 Å². The number of ether oxygens (including phenoxy) is 1. The molecule has 2 aliphatic heterocycles. The van der Waals surface area contributed by atoms with E-state index in [-0.39, 0.29) is 29.3 Å². The van der Waals surface area contributed by atoms with Gasteiger partial charge < -0.3 is 15.2 Å². The molecule has 2 aliphatic rings. The van der Waals surface area contributed by atoms with E-state index in [2.05, 4.69) is 10.4 Å². The van der Waals surface area contributed by atoms with Crippen LogP contribution in [-0.2, 0) is 30.1 Å². The van der Waals surface area contributed by atoms with Crippen molar-refractivity contribution in [3.05, 3.63) is 27.7 Å². The van der Waals surface area contributed by atoms with Crippen LogP contribution in [0.4, 0.5) is 13.2 Å². The van der Waals surface area contributed by atoms with Gasteiger partial charge in [0.2, 0.25) is 5.91 Å². The van der Waals surface area contributed by atoms with Gasteiger partial charge in [-0.1, -0.05) is 11.6 Å². The summed E-state index contributed by atoms with van der Waals surface area (Å²) in [6.07, 6.45) is -4.81. The largest absolute Gasteiger partial charge is 0.477 e. The van der Waals surface area contributed by atoms with Gasteiger partial charge in [0, 0.05) is 18.2 Å². The maximum atomic E-state index is 13.1. The molecule has 3 heterocycles. The molecule has 3 rings (SSSR count). The molecule has 33 heavy (non-hydrogen) atoms. The maximum absolute atomic E-state index is 13.1. The predicted molar refractivity (Wildman–Crippen MR) is 108 cm³/mol. The minimum absolute atomic E-state index is 0.0774. The lowest BCUT2D eigenvalue weighted by Gasteiger charge is -2.49. The van der Waals surface area contributed by atoms with Gasteiger partial charge in [-0.05, 0) is 13.8 Å². The summed E-state index contributed by atoms with van der Waals surface area (Å²) in [5, 5.41) is 14.0. The molecule has 180 valence electrons. The summed E-state index contributed by atoms with van der Waals surface area (Å²) in [6, 6.07) is -2.33. The van der Waals surface area contributed by atoms with Crippen molar-refractivity contribution in [1.29, 1.82) is 0 Å². The molecule has 2 amide bonds. The lowest BCUT2D eigenvalue weighted by molar-refractivity contribution is -0.151. The van der Waals surface area contributed by atoms with Crippen molar-refractivity contribution in [1.82, 2.24) is 20.0 Å². The van der Waals surface area contributed by atoms with Crippen molar-refractivity contribution in [2.45, 2.75) is 44.4 Å². The van der Waals surface area contributed by atoms with Crippen molar-refractivity contribution in [2.75, 3.05) is 12.4 Å². The number of aliphatic carboxylic acids is 1. The van der Waals surface area contributed by atoms with Crippen LogP contribution in [0, 0.1) is 6.92 Å². The van der Waals surface area contributed by atoms with Crippen LogP contribution in [0.1, 0.15) is 31.3 Å². The molecule has 3 atom stereocenters. The van der Waals surface area contributed by atoms with E-state index in [0.29, 0.717) is 0 Å². The molecule has 1 fully saturated rings. The minimum atomic E-state index is -4.81. The summed E-state index contributed by atoms with van der Waals surface area (Å²) in [5.41, 5.74) is -1.50. The van der Waals surface area contributed by atoms with E-state index in [4.69, 9.17) is 16.3 Å². The SMILES string of the molecule is CC(=O)OCC1=C(C(=O)O)N2C(=O)[C@@H](NC(=O)[C@H](C)n3nc(C(F)(F)F)c(Cl)c3C)[C@H]2SC1. The number of nitrogens with one attached hydrogen (secondary N) is 1. The Labute approximate surface area is 194 Å². The molecule has 0 bridgehead atoms. The van der Waals surface area contributed by atoms with Crippen molar-refractivity contribution in [3.8, 4) is 0 Å². The summed E-state index contributed by atoms with van der Waals surface area (Å²) in [7, 11) is 0. The van der Waals surface area contributed by atoms with E-state index < -0.39 is 58.1 Å². The van der Waals surface area contributed by atoms with E-state index in [9.17, 15) is 37.5 Å². The number of rotatable bonds is 6. The normalized spacial score (nSPS) is 21.3. The third-order valence-electron chi connectivity index (χ3n) is 5.09. The number of hydrogen-bond donors (Lipinski definition) is 2. The number of esters is 1. The van der Waals surface area contributed by atoms with Crippen molar-refractivity contribution in [3.63, 3.8) is 0 Å². The van der Waals surface area contributed by atoms with Gasteiger partial charge in [0.15, 0.2) is 5.69 Å². The first-order valence-corrected chi connectivity index (χ1v) is 10.8. The highest BCUT2D eigenvalue weighted by Crippen LogP contribution is 2.41. The van der Waals surface area contributed by atoms with Crippen LogP contribution in [0.3, 0.4) is 0 Å². The van der Waals surface area contributed by atoms with Crippen LogP contribution < -0.4 is 5.32 Å². The fourth-order valence-corrected chi connectivity index (χ4v) is 4.98. The predicted octanol–water partition coefficient (Wildman–Crippen LogP) is 1.73. The average Bonchev–Trinajstić information content (AvgIpc) is 3.03. The second-order valence-electron chi connectivity index (χ2n) is 7.30. The van der Waals surface area contributed by atoms with Crippen LogP contribution in [0.25, 0.3) is 0 Å². The Morgan fingerprint density at radius 1 is 1.39 bits per heavy atom. The van der Waals surface area contributed by atoms with Gasteiger partial charge in [-0.25, -0.2) is 4.79 Å². The molecule has 10 nitrogen and oxygen atoms in total. The average molecular weight is 511 g/mol. The van der Waals surface area contributed by atoms with Gasteiger partial charge in [0.25, 0.3) is 5.91 Å². The minimum Gasteiger partial charge on any atom is -0.477 e. The zero-order valence-electron chi connectivity index (χ0n) is 17.4. The van der Waals surface area contributed by atoms with E-state index in [1.807, 2.05) is 0 Å². The Hall–Kier alpha value is -2.74. The number of carbonyl (C=O) groups is 4. The highest BCUT2D eigenvalue weighted by Gasteiger charge is 2.54. The second-order valence-corrected chi connectivity index (χ2v) is 8.78. The first kappa shape index (κ1) is 24.9. The van der Waals surface area contributed by atoms with Crippen LogP contribution in [0.15, 0.2) is 11.3 Å². The van der Waals surface area contributed by atoms with Crippen LogP contribution in [0.2, 0.25) is 5.02 Å². The van der Waals surface area contributed by atoms with Gasteiger partial charge in [-0.3, -0.25) is 24.0 Å². The number of nitrogens with zero attached hydrogens (tertiary/aromatic N) is 3.